The molecule has 1 aliphatic heterocycles. The highest BCUT2D eigenvalue weighted by molar-refractivity contribution is 6.31. The van der Waals surface area contributed by atoms with E-state index >= 15 is 0 Å². The molecule has 1 unspecified atom stereocenters. The molecular weight excluding hydrogens is 486 g/mol. The summed E-state index contributed by atoms with van der Waals surface area (Å²) >= 11 is 6.17. The number of halogens is 1. The Balaban J connectivity index is 1.83. The van der Waals surface area contributed by atoms with E-state index in [1.54, 1.807) is 37.4 Å². The van der Waals surface area contributed by atoms with Crippen LogP contribution in [-0.4, -0.2) is 55.2 Å². The molecule has 2 heterocycles. The normalized spacial score (nSPS) is 15.9. The Hall–Kier alpha value is -3.49. The van der Waals surface area contributed by atoms with Crippen LogP contribution in [0.25, 0.3) is 11.0 Å². The summed E-state index contributed by atoms with van der Waals surface area (Å²) in [5, 5.41) is 11.9. The maximum absolute atomic E-state index is 13.8. The second kappa shape index (κ2) is 10.6. The summed E-state index contributed by atoms with van der Waals surface area (Å²) < 4.78 is 22.3. The fourth-order valence-corrected chi connectivity index (χ4v) is 4.59. The van der Waals surface area contributed by atoms with Gasteiger partial charge in [0, 0.05) is 42.3 Å². The van der Waals surface area contributed by atoms with E-state index in [2.05, 4.69) is 0 Å². The molecule has 0 radical (unpaired) electrons. The summed E-state index contributed by atoms with van der Waals surface area (Å²) in [6.07, 6.45) is 0.371. The fraction of sp³-hybridized carbons (Fsp3) is 0.333. The fourth-order valence-electron chi connectivity index (χ4n) is 4.37. The van der Waals surface area contributed by atoms with E-state index in [9.17, 15) is 14.7 Å². The van der Waals surface area contributed by atoms with Gasteiger partial charge in [-0.2, -0.15) is 0 Å². The van der Waals surface area contributed by atoms with Crippen molar-refractivity contribution in [1.82, 2.24) is 4.90 Å². The second-order valence-corrected chi connectivity index (χ2v) is 9.12. The van der Waals surface area contributed by atoms with Crippen molar-refractivity contribution >= 4 is 34.3 Å². The minimum atomic E-state index is -0.879. The van der Waals surface area contributed by atoms with Crippen LogP contribution in [0, 0.1) is 0 Å². The molecule has 1 amide bonds. The van der Waals surface area contributed by atoms with E-state index in [1.807, 2.05) is 19.9 Å². The van der Waals surface area contributed by atoms with E-state index in [1.165, 1.54) is 18.1 Å². The summed E-state index contributed by atoms with van der Waals surface area (Å²) in [6.45, 7) is 4.45. The third-order valence-electron chi connectivity index (χ3n) is 5.86. The number of Topliss-reactive ketones (excluding diaryl/α,β-unsaturated/α-hetero) is 1. The first-order valence-corrected chi connectivity index (χ1v) is 11.9. The predicted molar refractivity (Wildman–Crippen MR) is 135 cm³/mol. The molecular formula is C27H28ClNO7. The molecule has 0 saturated heterocycles. The van der Waals surface area contributed by atoms with E-state index < -0.39 is 23.5 Å². The number of carbonyl (C=O) groups excluding carboxylic acids is 2. The van der Waals surface area contributed by atoms with Gasteiger partial charge in [0.15, 0.2) is 22.9 Å². The van der Waals surface area contributed by atoms with E-state index in [4.69, 9.17) is 30.2 Å². The zero-order chi connectivity index (χ0) is 26.0. The first kappa shape index (κ1) is 25.6. The molecule has 1 N–H and O–H groups in total. The second-order valence-electron chi connectivity index (χ2n) is 8.68. The van der Waals surface area contributed by atoms with E-state index in [0.29, 0.717) is 46.1 Å². The Morgan fingerprint density at radius 1 is 1.17 bits per heavy atom. The number of rotatable bonds is 10. The molecule has 0 saturated carbocycles. The number of ketones is 1. The molecule has 190 valence electrons. The number of para-hydroxylation sites is 1. The zero-order valence-electron chi connectivity index (χ0n) is 20.5. The molecule has 1 aliphatic rings. The van der Waals surface area contributed by atoms with Crippen LogP contribution in [0.1, 0.15) is 42.4 Å². The Morgan fingerprint density at radius 2 is 1.92 bits per heavy atom. The number of amides is 1. The molecule has 8 nitrogen and oxygen atoms in total. The van der Waals surface area contributed by atoms with Gasteiger partial charge in [0.2, 0.25) is 5.78 Å². The molecule has 0 bridgehead atoms. The summed E-state index contributed by atoms with van der Waals surface area (Å²) in [5.41, 5.74) is 0.842. The van der Waals surface area contributed by atoms with E-state index in [0.717, 1.165) is 0 Å². The van der Waals surface area contributed by atoms with Crippen molar-refractivity contribution in [3.05, 3.63) is 70.1 Å². The molecule has 9 heteroatoms. The minimum absolute atomic E-state index is 0.0501. The monoisotopic (exact) mass is 513 g/mol. The maximum atomic E-state index is 13.8. The van der Waals surface area contributed by atoms with Gasteiger partial charge < -0.3 is 28.6 Å². The van der Waals surface area contributed by atoms with Gasteiger partial charge in [-0.1, -0.05) is 29.8 Å². The van der Waals surface area contributed by atoms with E-state index in [-0.39, 0.29) is 24.0 Å². The van der Waals surface area contributed by atoms with Crippen molar-refractivity contribution in [2.75, 3.05) is 27.4 Å². The third-order valence-corrected chi connectivity index (χ3v) is 6.08. The van der Waals surface area contributed by atoms with Gasteiger partial charge in [0.05, 0.1) is 24.8 Å². The number of furan rings is 1. The zero-order valence-corrected chi connectivity index (χ0v) is 21.3. The maximum Gasteiger partial charge on any atom is 0.290 e. The number of aliphatic hydroxyl groups excluding tert-OH is 1. The molecule has 0 spiro atoms. The number of hydrogen-bond acceptors (Lipinski definition) is 7. The quantitative estimate of drug-likeness (QED) is 0.282. The topological polar surface area (TPSA) is 98.4 Å². The molecule has 1 atom stereocenters. The van der Waals surface area contributed by atoms with Crippen LogP contribution in [-0.2, 0) is 9.53 Å². The Morgan fingerprint density at radius 3 is 2.61 bits per heavy atom. The van der Waals surface area contributed by atoms with Crippen LogP contribution in [0.3, 0.4) is 0 Å². The van der Waals surface area contributed by atoms with Crippen LogP contribution in [0.2, 0.25) is 5.02 Å². The number of hydrogen-bond donors (Lipinski definition) is 1. The van der Waals surface area contributed by atoms with Gasteiger partial charge >= 0.3 is 0 Å². The van der Waals surface area contributed by atoms with Crippen molar-refractivity contribution in [2.24, 2.45) is 0 Å². The lowest BCUT2D eigenvalue weighted by molar-refractivity contribution is -0.129. The number of benzene rings is 2. The van der Waals surface area contributed by atoms with Crippen molar-refractivity contribution in [1.29, 1.82) is 0 Å². The summed E-state index contributed by atoms with van der Waals surface area (Å²) in [7, 11) is 3.04. The van der Waals surface area contributed by atoms with Gasteiger partial charge in [-0.3, -0.25) is 9.59 Å². The first-order chi connectivity index (χ1) is 17.3. The minimum Gasteiger partial charge on any atom is -0.503 e. The Bertz CT molecular complexity index is 1330. The summed E-state index contributed by atoms with van der Waals surface area (Å²) in [4.78, 5) is 28.5. The number of aliphatic hydroxyl groups is 1. The van der Waals surface area contributed by atoms with Gasteiger partial charge in [-0.05, 0) is 38.5 Å². The smallest absolute Gasteiger partial charge is 0.290 e. The highest BCUT2D eigenvalue weighted by Crippen LogP contribution is 2.43. The molecule has 0 aliphatic carbocycles. The summed E-state index contributed by atoms with van der Waals surface area (Å²) in [6, 6.07) is 11.0. The molecule has 4 rings (SSSR count). The largest absolute Gasteiger partial charge is 0.503 e. The lowest BCUT2D eigenvalue weighted by Crippen LogP contribution is -2.33. The molecule has 2 aromatic carbocycles. The van der Waals surface area contributed by atoms with Crippen LogP contribution in [0.5, 0.6) is 11.5 Å². The lowest BCUT2D eigenvalue weighted by Gasteiger charge is -2.28. The van der Waals surface area contributed by atoms with Crippen molar-refractivity contribution in [3.8, 4) is 11.5 Å². The number of nitrogens with zero attached hydrogens (tertiary/aromatic N) is 1. The highest BCUT2D eigenvalue weighted by atomic mass is 35.5. The molecule has 36 heavy (non-hydrogen) atoms. The Kier molecular flexibility index (Phi) is 7.56. The number of ether oxygens (including phenoxy) is 3. The molecule has 0 fully saturated rings. The van der Waals surface area contributed by atoms with Crippen LogP contribution in [0.4, 0.5) is 0 Å². The third kappa shape index (κ3) is 4.79. The SMILES string of the molecule is COCCCN1C(=O)C(O)=C(C(=O)c2cc3cc(Cl)cc(OC)c3o2)C1c1ccccc1OC(C)C. The van der Waals surface area contributed by atoms with Crippen molar-refractivity contribution in [2.45, 2.75) is 32.4 Å². The number of carbonyl (C=O) groups is 2. The first-order valence-electron chi connectivity index (χ1n) is 11.6. The van der Waals surface area contributed by atoms with Crippen molar-refractivity contribution < 1.29 is 33.3 Å². The lowest BCUT2D eigenvalue weighted by atomic mass is 9.94. The van der Waals surface area contributed by atoms with Gasteiger partial charge in [0.1, 0.15) is 5.75 Å². The standard InChI is InChI=1S/C27H28ClNO7/c1-15(2)35-19-9-6-5-8-18(19)23-22(25(31)27(32)29(23)10-7-11-33-3)24(30)20-13-16-12-17(28)14-21(34-4)26(16)36-20/h5-6,8-9,12-15,23,31H,7,10-11H2,1-4H3. The molecule has 1 aromatic heterocycles. The average molecular weight is 514 g/mol. The van der Waals surface area contributed by atoms with Gasteiger partial charge in [-0.15, -0.1) is 0 Å². The average Bonchev–Trinajstić information content (AvgIpc) is 3.38. The number of fused-ring (bicyclic) bond motifs is 1. The van der Waals surface area contributed by atoms with Gasteiger partial charge in [0.25, 0.3) is 5.91 Å². The van der Waals surface area contributed by atoms with Crippen LogP contribution < -0.4 is 9.47 Å². The van der Waals surface area contributed by atoms with Crippen LogP contribution in [0.15, 0.2) is 58.2 Å². The number of methoxy groups -OCH3 is 2. The predicted octanol–water partition coefficient (Wildman–Crippen LogP) is 5.50. The molecule has 3 aromatic rings. The summed E-state index contributed by atoms with van der Waals surface area (Å²) in [5.74, 6) is -1.05. The Labute approximate surface area is 214 Å². The van der Waals surface area contributed by atoms with Gasteiger partial charge in [-0.25, -0.2) is 0 Å². The van der Waals surface area contributed by atoms with Crippen molar-refractivity contribution in [3.63, 3.8) is 0 Å². The highest BCUT2D eigenvalue weighted by Gasteiger charge is 2.45. The van der Waals surface area contributed by atoms with Crippen LogP contribution >= 0.6 is 11.6 Å².